The number of rotatable bonds is 6. The molecule has 3 aliphatic heterocycles. The maximum Gasteiger partial charge on any atom is 0.118 e. The lowest BCUT2D eigenvalue weighted by Gasteiger charge is -2.49. The molecule has 6 rings (SSSR count). The highest BCUT2D eigenvalue weighted by Gasteiger charge is 2.43. The molecule has 1 unspecified atom stereocenters. The van der Waals surface area contributed by atoms with Crippen LogP contribution in [0.4, 0.5) is 0 Å². The third kappa shape index (κ3) is 4.15. The van der Waals surface area contributed by atoms with Gasteiger partial charge in [-0.3, -0.25) is 9.89 Å². The zero-order chi connectivity index (χ0) is 21.0. The number of piperidine rings is 3. The predicted molar refractivity (Wildman–Crippen MR) is 127 cm³/mol. The number of hydrogen-bond acceptors (Lipinski definition) is 3. The zero-order valence-electron chi connectivity index (χ0n) is 18.2. The summed E-state index contributed by atoms with van der Waals surface area (Å²) >= 11 is 0. The summed E-state index contributed by atoms with van der Waals surface area (Å²) in [5.74, 6) is 1.80. The monoisotopic (exact) mass is 410 g/mol. The maximum atomic E-state index is 5.31. The number of ether oxygens (including phenoxy) is 1. The Morgan fingerprint density at radius 2 is 1.42 bits per heavy atom. The van der Waals surface area contributed by atoms with Crippen LogP contribution in [0.1, 0.15) is 35.4 Å². The predicted octanol–water partition coefficient (Wildman–Crippen LogP) is 5.56. The van der Waals surface area contributed by atoms with Crippen LogP contribution in [0, 0.1) is 5.92 Å². The number of nitrogens with zero attached hydrogens (tertiary/aromatic N) is 2. The van der Waals surface area contributed by atoms with E-state index in [-0.39, 0.29) is 0 Å². The molecule has 3 fully saturated rings. The average molecular weight is 411 g/mol. The van der Waals surface area contributed by atoms with Crippen molar-refractivity contribution in [2.75, 3.05) is 20.2 Å². The van der Waals surface area contributed by atoms with Crippen molar-refractivity contribution in [3.63, 3.8) is 0 Å². The lowest BCUT2D eigenvalue weighted by molar-refractivity contribution is 0.135. The number of aliphatic imine (C=N–C) groups is 1. The minimum Gasteiger partial charge on any atom is -0.497 e. The van der Waals surface area contributed by atoms with E-state index in [4.69, 9.17) is 9.73 Å². The smallest absolute Gasteiger partial charge is 0.118 e. The molecule has 3 aromatic rings. The molecule has 3 aromatic carbocycles. The molecule has 3 heteroatoms. The molecule has 0 radical (unpaired) electrons. The molecule has 0 saturated carbocycles. The summed E-state index contributed by atoms with van der Waals surface area (Å²) in [6.07, 6.45) is 2.46. The van der Waals surface area contributed by atoms with Gasteiger partial charge in [0.2, 0.25) is 0 Å². The molecule has 0 aliphatic carbocycles. The van der Waals surface area contributed by atoms with E-state index in [2.05, 4.69) is 77.7 Å². The molecule has 3 nitrogen and oxygen atoms in total. The van der Waals surface area contributed by atoms with Gasteiger partial charge in [-0.15, -0.1) is 0 Å². The van der Waals surface area contributed by atoms with Gasteiger partial charge in [0, 0.05) is 17.5 Å². The second-order valence-electron chi connectivity index (χ2n) is 8.64. The van der Waals surface area contributed by atoms with Crippen molar-refractivity contribution in [2.45, 2.75) is 31.3 Å². The van der Waals surface area contributed by atoms with Gasteiger partial charge in [-0.05, 0) is 54.8 Å². The van der Waals surface area contributed by atoms with Gasteiger partial charge in [0.15, 0.2) is 0 Å². The second-order valence-corrected chi connectivity index (χ2v) is 8.64. The van der Waals surface area contributed by atoms with Gasteiger partial charge in [0.05, 0.1) is 19.7 Å². The molecule has 0 aromatic heterocycles. The molecular weight excluding hydrogens is 380 g/mol. The third-order valence-electron chi connectivity index (χ3n) is 6.88. The zero-order valence-corrected chi connectivity index (χ0v) is 18.2. The Morgan fingerprint density at radius 3 is 1.97 bits per heavy atom. The van der Waals surface area contributed by atoms with Crippen molar-refractivity contribution >= 4 is 5.71 Å². The molecule has 0 amide bonds. The summed E-state index contributed by atoms with van der Waals surface area (Å²) < 4.78 is 5.31. The van der Waals surface area contributed by atoms with Gasteiger partial charge in [0.25, 0.3) is 0 Å². The molecular formula is C28H30N2O. The second kappa shape index (κ2) is 9.07. The van der Waals surface area contributed by atoms with E-state index in [9.17, 15) is 0 Å². The average Bonchev–Trinajstić information content (AvgIpc) is 2.86. The van der Waals surface area contributed by atoms with Gasteiger partial charge >= 0.3 is 0 Å². The first-order valence-electron chi connectivity index (χ1n) is 11.3. The summed E-state index contributed by atoms with van der Waals surface area (Å²) in [7, 11) is 1.71. The Morgan fingerprint density at radius 1 is 0.839 bits per heavy atom. The van der Waals surface area contributed by atoms with Crippen LogP contribution in [0.3, 0.4) is 0 Å². The van der Waals surface area contributed by atoms with Crippen LogP contribution >= 0.6 is 0 Å². The fraction of sp³-hybridized carbons (Fsp3) is 0.321. The molecule has 3 aliphatic rings. The Balaban J connectivity index is 1.53. The van der Waals surface area contributed by atoms with Gasteiger partial charge < -0.3 is 4.74 Å². The van der Waals surface area contributed by atoms with E-state index in [0.717, 1.165) is 12.3 Å². The minimum atomic E-state index is 0.306. The van der Waals surface area contributed by atoms with Crippen molar-refractivity contribution in [3.8, 4) is 5.75 Å². The van der Waals surface area contributed by atoms with Gasteiger partial charge in [-0.1, -0.05) is 72.8 Å². The van der Waals surface area contributed by atoms with Crippen molar-refractivity contribution < 1.29 is 4.74 Å². The number of fused-ring (bicyclic) bond motifs is 3. The Labute approximate surface area is 185 Å². The van der Waals surface area contributed by atoms with Crippen molar-refractivity contribution in [3.05, 3.63) is 102 Å². The first kappa shape index (κ1) is 20.0. The van der Waals surface area contributed by atoms with Crippen LogP contribution in [0.5, 0.6) is 5.75 Å². The van der Waals surface area contributed by atoms with E-state index < -0.39 is 0 Å². The molecule has 3 heterocycles. The summed E-state index contributed by atoms with van der Waals surface area (Å²) in [5.41, 5.74) is 5.39. The molecule has 0 spiro atoms. The number of hydrogen-bond donors (Lipinski definition) is 0. The third-order valence-corrected chi connectivity index (χ3v) is 6.88. The quantitative estimate of drug-likeness (QED) is 0.531. The largest absolute Gasteiger partial charge is 0.497 e. The maximum absolute atomic E-state index is 5.31. The van der Waals surface area contributed by atoms with E-state index in [1.165, 1.54) is 48.3 Å². The summed E-state index contributed by atoms with van der Waals surface area (Å²) in [6.45, 7) is 3.08. The highest BCUT2D eigenvalue weighted by atomic mass is 16.5. The Hall–Kier alpha value is -2.91. The van der Waals surface area contributed by atoms with Crippen LogP contribution in [-0.4, -0.2) is 36.9 Å². The van der Waals surface area contributed by atoms with Crippen LogP contribution < -0.4 is 4.74 Å². The van der Waals surface area contributed by atoms with Crippen molar-refractivity contribution in [2.24, 2.45) is 10.9 Å². The summed E-state index contributed by atoms with van der Waals surface area (Å²) in [6, 6.07) is 30.6. The van der Waals surface area contributed by atoms with Crippen molar-refractivity contribution in [1.29, 1.82) is 0 Å². The molecule has 31 heavy (non-hydrogen) atoms. The van der Waals surface area contributed by atoms with E-state index in [1.807, 2.05) is 12.1 Å². The molecule has 2 bridgehead atoms. The van der Waals surface area contributed by atoms with Crippen LogP contribution in [-0.2, 0) is 6.54 Å². The van der Waals surface area contributed by atoms with E-state index in [1.54, 1.807) is 7.11 Å². The molecule has 0 N–H and O–H groups in total. The Kier molecular flexibility index (Phi) is 5.86. The summed E-state index contributed by atoms with van der Waals surface area (Å²) in [5, 5.41) is 0. The van der Waals surface area contributed by atoms with Gasteiger partial charge in [-0.25, -0.2) is 0 Å². The molecule has 3 saturated heterocycles. The van der Waals surface area contributed by atoms with Crippen LogP contribution in [0.15, 0.2) is 89.9 Å². The van der Waals surface area contributed by atoms with Crippen LogP contribution in [0.25, 0.3) is 0 Å². The lowest BCUT2D eigenvalue weighted by Crippen LogP contribution is -2.58. The molecule has 1 atom stereocenters. The first-order chi connectivity index (χ1) is 15.3. The van der Waals surface area contributed by atoms with Crippen LogP contribution in [0.2, 0.25) is 0 Å². The van der Waals surface area contributed by atoms with E-state index in [0.29, 0.717) is 17.9 Å². The topological polar surface area (TPSA) is 24.8 Å². The Bertz CT molecular complexity index is 966. The lowest BCUT2D eigenvalue weighted by atomic mass is 9.72. The molecule has 158 valence electrons. The highest BCUT2D eigenvalue weighted by Crippen LogP contribution is 2.40. The summed E-state index contributed by atoms with van der Waals surface area (Å²) in [4.78, 5) is 7.96. The van der Waals surface area contributed by atoms with E-state index >= 15 is 0 Å². The SMILES string of the molecule is COc1ccc(CN=C2C3CCN(CC3)C2C(c2ccccc2)c2ccccc2)cc1. The highest BCUT2D eigenvalue weighted by molar-refractivity contribution is 5.94. The standard InChI is InChI=1S/C28H30N2O/c1-31-25-14-12-21(13-15-25)20-29-27-24-16-18-30(19-17-24)28(27)26(22-8-4-2-5-9-22)23-10-6-3-7-11-23/h2-15,24,26,28H,16-20H2,1H3. The fourth-order valence-corrected chi connectivity index (χ4v) is 5.30. The minimum absolute atomic E-state index is 0.306. The van der Waals surface area contributed by atoms with Crippen molar-refractivity contribution in [1.82, 2.24) is 4.90 Å². The van der Waals surface area contributed by atoms with Gasteiger partial charge in [0.1, 0.15) is 5.75 Å². The normalized spacial score (nSPS) is 23.9. The number of methoxy groups -OCH3 is 1. The fourth-order valence-electron chi connectivity index (χ4n) is 5.30. The first-order valence-corrected chi connectivity index (χ1v) is 11.3. The number of benzene rings is 3. The van der Waals surface area contributed by atoms with Gasteiger partial charge in [-0.2, -0.15) is 0 Å².